The van der Waals surface area contributed by atoms with Gasteiger partial charge in [-0.25, -0.2) is 8.42 Å². The number of benzene rings is 1. The van der Waals surface area contributed by atoms with E-state index in [1.54, 1.807) is 6.92 Å². The van der Waals surface area contributed by atoms with E-state index in [9.17, 15) is 8.42 Å². The molecule has 0 saturated carbocycles. The topological polar surface area (TPSA) is 46.2 Å². The number of nitrogens with one attached hydrogen (secondary N) is 1. The van der Waals surface area contributed by atoms with Crippen LogP contribution in [-0.4, -0.2) is 26.3 Å². The fourth-order valence-corrected chi connectivity index (χ4v) is 3.59. The molecule has 1 aromatic carbocycles. The first-order valence-electron chi connectivity index (χ1n) is 6.37. The molecule has 0 aromatic heterocycles. The van der Waals surface area contributed by atoms with Crippen molar-refractivity contribution < 1.29 is 8.42 Å². The van der Waals surface area contributed by atoms with Gasteiger partial charge in [0.15, 0.2) is 9.84 Å². The van der Waals surface area contributed by atoms with Crippen molar-refractivity contribution in [1.82, 2.24) is 5.32 Å². The third kappa shape index (κ3) is 4.10. The summed E-state index contributed by atoms with van der Waals surface area (Å²) >= 11 is 0. The second kappa shape index (κ2) is 6.34. The van der Waals surface area contributed by atoms with Crippen LogP contribution in [0.1, 0.15) is 31.9 Å². The monoisotopic (exact) mass is 269 g/mol. The Labute approximate surface area is 111 Å². The van der Waals surface area contributed by atoms with Crippen LogP contribution in [0.15, 0.2) is 24.3 Å². The molecule has 0 heterocycles. The maximum absolute atomic E-state index is 12.3. The Kier molecular flexibility index (Phi) is 5.35. The SMILES string of the molecule is CCNC(C)C(C)S(=O)(=O)Cc1cccc(C)c1. The van der Waals surface area contributed by atoms with E-state index in [4.69, 9.17) is 0 Å². The van der Waals surface area contributed by atoms with Crippen LogP contribution in [0.4, 0.5) is 0 Å². The molecule has 1 aromatic rings. The molecule has 0 aliphatic heterocycles. The zero-order valence-corrected chi connectivity index (χ0v) is 12.4. The Morgan fingerprint density at radius 2 is 1.94 bits per heavy atom. The highest BCUT2D eigenvalue weighted by atomic mass is 32.2. The summed E-state index contributed by atoms with van der Waals surface area (Å²) in [4.78, 5) is 0. The number of sulfone groups is 1. The Bertz CT molecular complexity index is 482. The van der Waals surface area contributed by atoms with Crippen molar-refractivity contribution in [3.63, 3.8) is 0 Å². The third-order valence-corrected chi connectivity index (χ3v) is 5.52. The fourth-order valence-electron chi connectivity index (χ4n) is 1.96. The quantitative estimate of drug-likeness (QED) is 0.862. The van der Waals surface area contributed by atoms with Crippen LogP contribution in [0, 0.1) is 6.92 Å². The second-order valence-electron chi connectivity index (χ2n) is 4.85. The molecule has 4 heteroatoms. The molecule has 0 fully saturated rings. The molecule has 3 nitrogen and oxygen atoms in total. The van der Waals surface area contributed by atoms with Crippen LogP contribution in [0.25, 0.3) is 0 Å². The third-order valence-electron chi connectivity index (χ3n) is 3.25. The zero-order chi connectivity index (χ0) is 13.8. The van der Waals surface area contributed by atoms with Gasteiger partial charge in [-0.3, -0.25) is 0 Å². The normalized spacial score (nSPS) is 15.3. The molecule has 102 valence electrons. The highest BCUT2D eigenvalue weighted by Gasteiger charge is 2.26. The van der Waals surface area contributed by atoms with Gasteiger partial charge in [-0.05, 0) is 32.9 Å². The standard InChI is InChI=1S/C14H23NO2S/c1-5-15-12(3)13(4)18(16,17)10-14-8-6-7-11(2)9-14/h6-9,12-13,15H,5,10H2,1-4H3. The molecule has 0 radical (unpaired) electrons. The van der Waals surface area contributed by atoms with Crippen molar-refractivity contribution in [3.05, 3.63) is 35.4 Å². The second-order valence-corrected chi connectivity index (χ2v) is 7.21. The summed E-state index contributed by atoms with van der Waals surface area (Å²) < 4.78 is 24.6. The van der Waals surface area contributed by atoms with Crippen LogP contribution in [0.2, 0.25) is 0 Å². The molecule has 0 amide bonds. The van der Waals surface area contributed by atoms with Crippen molar-refractivity contribution in [3.8, 4) is 0 Å². The molecule has 1 N–H and O–H groups in total. The predicted octanol–water partition coefficient (Wildman–Crippen LogP) is 2.30. The van der Waals surface area contributed by atoms with E-state index >= 15 is 0 Å². The summed E-state index contributed by atoms with van der Waals surface area (Å²) in [6.45, 7) is 8.43. The van der Waals surface area contributed by atoms with E-state index in [2.05, 4.69) is 5.32 Å². The summed E-state index contributed by atoms with van der Waals surface area (Å²) in [5.74, 6) is 0.117. The van der Waals surface area contributed by atoms with E-state index in [1.165, 1.54) is 0 Å². The average molecular weight is 269 g/mol. The van der Waals surface area contributed by atoms with Gasteiger partial charge in [-0.1, -0.05) is 36.8 Å². The van der Waals surface area contributed by atoms with E-state index in [-0.39, 0.29) is 17.0 Å². The zero-order valence-electron chi connectivity index (χ0n) is 11.6. The maximum atomic E-state index is 12.3. The molecule has 0 spiro atoms. The van der Waals surface area contributed by atoms with Gasteiger partial charge in [0.1, 0.15) is 0 Å². The summed E-state index contributed by atoms with van der Waals surface area (Å²) in [5.41, 5.74) is 1.96. The molecule has 0 aliphatic rings. The van der Waals surface area contributed by atoms with Gasteiger partial charge in [-0.15, -0.1) is 0 Å². The Hall–Kier alpha value is -0.870. The largest absolute Gasteiger partial charge is 0.313 e. The van der Waals surface area contributed by atoms with Crippen LogP contribution >= 0.6 is 0 Å². The first-order valence-corrected chi connectivity index (χ1v) is 8.09. The van der Waals surface area contributed by atoms with Crippen molar-refractivity contribution in [2.24, 2.45) is 0 Å². The Balaban J connectivity index is 2.81. The lowest BCUT2D eigenvalue weighted by atomic mass is 10.2. The van der Waals surface area contributed by atoms with Crippen molar-refractivity contribution in [1.29, 1.82) is 0 Å². The minimum atomic E-state index is -3.11. The summed E-state index contributed by atoms with van der Waals surface area (Å²) in [6, 6.07) is 7.65. The highest BCUT2D eigenvalue weighted by molar-refractivity contribution is 7.91. The van der Waals surface area contributed by atoms with Gasteiger partial charge in [0, 0.05) is 6.04 Å². The molecular weight excluding hydrogens is 246 g/mol. The minimum absolute atomic E-state index is 0.0233. The number of hydrogen-bond donors (Lipinski definition) is 1. The van der Waals surface area contributed by atoms with Crippen molar-refractivity contribution in [2.45, 2.75) is 44.7 Å². The molecule has 0 aliphatic carbocycles. The highest BCUT2D eigenvalue weighted by Crippen LogP contribution is 2.15. The summed E-state index contributed by atoms with van der Waals surface area (Å²) in [6.07, 6.45) is 0. The molecule has 0 bridgehead atoms. The number of aryl methyl sites for hydroxylation is 1. The first kappa shape index (κ1) is 15.2. The van der Waals surface area contributed by atoms with Gasteiger partial charge in [0.2, 0.25) is 0 Å². The fraction of sp³-hybridized carbons (Fsp3) is 0.571. The molecule has 0 saturated heterocycles. The molecule has 1 rings (SSSR count). The van der Waals surface area contributed by atoms with Crippen LogP contribution in [0.3, 0.4) is 0 Å². The van der Waals surface area contributed by atoms with Gasteiger partial charge >= 0.3 is 0 Å². The lowest BCUT2D eigenvalue weighted by Gasteiger charge is -2.21. The smallest absolute Gasteiger partial charge is 0.158 e. The van der Waals surface area contributed by atoms with Gasteiger partial charge in [0.25, 0.3) is 0 Å². The van der Waals surface area contributed by atoms with Crippen molar-refractivity contribution >= 4 is 9.84 Å². The maximum Gasteiger partial charge on any atom is 0.158 e. The van der Waals surface area contributed by atoms with E-state index in [1.807, 2.05) is 45.0 Å². The van der Waals surface area contributed by atoms with Gasteiger partial charge < -0.3 is 5.32 Å². The molecule has 18 heavy (non-hydrogen) atoms. The van der Waals surface area contributed by atoms with E-state index < -0.39 is 9.84 Å². The predicted molar refractivity (Wildman–Crippen MR) is 76.4 cm³/mol. The van der Waals surface area contributed by atoms with Crippen LogP contribution < -0.4 is 5.32 Å². The van der Waals surface area contributed by atoms with Crippen LogP contribution in [0.5, 0.6) is 0 Å². The molecular formula is C14H23NO2S. The number of rotatable bonds is 6. The molecule has 2 unspecified atom stereocenters. The van der Waals surface area contributed by atoms with Gasteiger partial charge in [-0.2, -0.15) is 0 Å². The van der Waals surface area contributed by atoms with E-state index in [0.717, 1.165) is 17.7 Å². The average Bonchev–Trinajstić information content (AvgIpc) is 2.27. The minimum Gasteiger partial charge on any atom is -0.313 e. The summed E-state index contributed by atoms with van der Waals surface area (Å²) in [5, 5.41) is 2.79. The molecule has 2 atom stereocenters. The van der Waals surface area contributed by atoms with Crippen molar-refractivity contribution in [2.75, 3.05) is 6.54 Å². The Morgan fingerprint density at radius 3 is 2.50 bits per heavy atom. The lowest BCUT2D eigenvalue weighted by Crippen LogP contribution is -2.40. The first-order chi connectivity index (χ1) is 8.36. The summed E-state index contributed by atoms with van der Waals surface area (Å²) in [7, 11) is -3.11. The van der Waals surface area contributed by atoms with E-state index in [0.29, 0.717) is 0 Å². The van der Waals surface area contributed by atoms with Gasteiger partial charge in [0.05, 0.1) is 11.0 Å². The Morgan fingerprint density at radius 1 is 1.28 bits per heavy atom. The van der Waals surface area contributed by atoms with Crippen LogP contribution in [-0.2, 0) is 15.6 Å². The number of hydrogen-bond acceptors (Lipinski definition) is 3. The lowest BCUT2D eigenvalue weighted by molar-refractivity contribution is 0.520.